The molecule has 2 N–H and O–H groups in total. The minimum absolute atomic E-state index is 0.0245. The molecule has 0 unspecified atom stereocenters. The van der Waals surface area contributed by atoms with Crippen LogP contribution in [-0.2, 0) is 11.2 Å². The van der Waals surface area contributed by atoms with E-state index in [9.17, 15) is 9.59 Å². The molecule has 3 aromatic carbocycles. The Labute approximate surface area is 192 Å². The van der Waals surface area contributed by atoms with Crippen LogP contribution >= 0.6 is 11.8 Å². The zero-order valence-corrected chi connectivity index (χ0v) is 18.7. The van der Waals surface area contributed by atoms with Crippen LogP contribution in [0.5, 0.6) is 0 Å². The molecule has 3 aromatic rings. The van der Waals surface area contributed by atoms with Gasteiger partial charge in [0, 0.05) is 10.5 Å². The maximum Gasteiger partial charge on any atom is 0.262 e. The molecule has 4 nitrogen and oxygen atoms in total. The van der Waals surface area contributed by atoms with Crippen LogP contribution in [0.2, 0.25) is 0 Å². The van der Waals surface area contributed by atoms with Crippen molar-refractivity contribution in [1.82, 2.24) is 5.32 Å². The molecule has 0 spiro atoms. The van der Waals surface area contributed by atoms with Crippen LogP contribution in [0.3, 0.4) is 0 Å². The lowest BCUT2D eigenvalue weighted by molar-refractivity contribution is -0.112. The summed E-state index contributed by atoms with van der Waals surface area (Å²) in [4.78, 5) is 27.2. The van der Waals surface area contributed by atoms with Gasteiger partial charge in [-0.3, -0.25) is 9.59 Å². The van der Waals surface area contributed by atoms with Gasteiger partial charge in [0.05, 0.1) is 16.6 Å². The number of carbonyl (C=O) groups is 2. The molecule has 5 heteroatoms. The van der Waals surface area contributed by atoms with Crippen molar-refractivity contribution in [3.8, 4) is 0 Å². The highest BCUT2D eigenvalue weighted by Crippen LogP contribution is 2.39. The van der Waals surface area contributed by atoms with Crippen LogP contribution in [0.1, 0.15) is 51.5 Å². The summed E-state index contributed by atoms with van der Waals surface area (Å²) in [5.74, 6) is -0.267. The molecule has 0 fully saturated rings. The summed E-state index contributed by atoms with van der Waals surface area (Å²) in [5, 5.41) is 6.13. The van der Waals surface area contributed by atoms with Crippen LogP contribution in [0, 0.1) is 6.92 Å². The zero-order valence-electron chi connectivity index (χ0n) is 17.9. The molecule has 1 atom stereocenters. The highest BCUT2D eigenvalue weighted by molar-refractivity contribution is 8.04. The molecule has 0 aromatic heterocycles. The van der Waals surface area contributed by atoms with Crippen molar-refractivity contribution >= 4 is 35.3 Å². The Balaban J connectivity index is 1.34. The maximum atomic E-state index is 13.0. The lowest BCUT2D eigenvalue weighted by Gasteiger charge is -2.26. The molecule has 160 valence electrons. The molecule has 1 aliphatic heterocycles. The average Bonchev–Trinajstić information content (AvgIpc) is 2.81. The first-order valence-electron chi connectivity index (χ1n) is 10.9. The summed E-state index contributed by atoms with van der Waals surface area (Å²) in [5.41, 5.74) is 5.92. The summed E-state index contributed by atoms with van der Waals surface area (Å²) >= 11 is 1.43. The Morgan fingerprint density at radius 2 is 1.91 bits per heavy atom. The van der Waals surface area contributed by atoms with Crippen molar-refractivity contribution in [1.29, 1.82) is 0 Å². The van der Waals surface area contributed by atoms with Gasteiger partial charge in [0.15, 0.2) is 0 Å². The van der Waals surface area contributed by atoms with Gasteiger partial charge in [-0.2, -0.15) is 0 Å². The zero-order chi connectivity index (χ0) is 22.1. The van der Waals surface area contributed by atoms with Crippen molar-refractivity contribution in [3.63, 3.8) is 0 Å². The summed E-state index contributed by atoms with van der Waals surface area (Å²) in [6.45, 7) is 2.04. The first kappa shape index (κ1) is 20.6. The van der Waals surface area contributed by atoms with Gasteiger partial charge in [0.25, 0.3) is 11.8 Å². The number of hydrogen-bond donors (Lipinski definition) is 2. The summed E-state index contributed by atoms with van der Waals surface area (Å²) in [6, 6.07) is 21.9. The molecule has 5 rings (SSSR count). The Morgan fingerprint density at radius 3 is 2.75 bits per heavy atom. The van der Waals surface area contributed by atoms with Gasteiger partial charge < -0.3 is 10.6 Å². The van der Waals surface area contributed by atoms with Gasteiger partial charge in [-0.25, -0.2) is 0 Å². The molecule has 1 aliphatic carbocycles. The normalized spacial score (nSPS) is 18.5. The number of aryl methyl sites for hydroxylation is 2. The highest BCUT2D eigenvalue weighted by Gasteiger charge is 2.25. The summed E-state index contributed by atoms with van der Waals surface area (Å²) < 4.78 is 0. The van der Waals surface area contributed by atoms with Crippen molar-refractivity contribution in [2.24, 2.45) is 0 Å². The molecule has 0 radical (unpaired) electrons. The SMILES string of the molecule is Cc1ccc(/C=C2/Sc3ccc(C(=O)N[C@@H]4CCCc5ccccc54)cc3NC2=O)cc1. The fraction of sp³-hybridized carbons (Fsp3) is 0.185. The van der Waals surface area contributed by atoms with Crippen LogP contribution in [0.25, 0.3) is 6.08 Å². The van der Waals surface area contributed by atoms with E-state index in [-0.39, 0.29) is 17.9 Å². The van der Waals surface area contributed by atoms with Crippen molar-refractivity contribution in [3.05, 3.63) is 99.5 Å². The molecule has 0 bridgehead atoms. The molecule has 2 amide bonds. The van der Waals surface area contributed by atoms with E-state index in [1.807, 2.05) is 61.5 Å². The van der Waals surface area contributed by atoms with Crippen molar-refractivity contribution in [2.75, 3.05) is 5.32 Å². The first-order chi connectivity index (χ1) is 15.6. The smallest absolute Gasteiger partial charge is 0.262 e. The summed E-state index contributed by atoms with van der Waals surface area (Å²) in [6.07, 6.45) is 4.95. The fourth-order valence-electron chi connectivity index (χ4n) is 4.26. The third-order valence-corrected chi connectivity index (χ3v) is 7.08. The molecule has 1 heterocycles. The highest BCUT2D eigenvalue weighted by atomic mass is 32.2. The number of fused-ring (bicyclic) bond motifs is 2. The van der Waals surface area contributed by atoms with Gasteiger partial charge in [-0.05, 0) is 67.2 Å². The van der Waals surface area contributed by atoms with E-state index in [1.165, 1.54) is 28.5 Å². The molecular formula is C27H24N2O2S. The Bertz CT molecular complexity index is 1230. The van der Waals surface area contributed by atoms with Gasteiger partial charge in [-0.1, -0.05) is 65.9 Å². The van der Waals surface area contributed by atoms with E-state index >= 15 is 0 Å². The topological polar surface area (TPSA) is 58.2 Å². The van der Waals surface area contributed by atoms with E-state index in [2.05, 4.69) is 22.8 Å². The molecular weight excluding hydrogens is 416 g/mol. The van der Waals surface area contributed by atoms with Gasteiger partial charge in [0.2, 0.25) is 0 Å². The lowest BCUT2D eigenvalue weighted by atomic mass is 9.87. The second kappa shape index (κ2) is 8.67. The van der Waals surface area contributed by atoms with Crippen LogP contribution in [0.4, 0.5) is 5.69 Å². The van der Waals surface area contributed by atoms with Crippen molar-refractivity contribution in [2.45, 2.75) is 37.1 Å². The number of hydrogen-bond acceptors (Lipinski definition) is 3. The van der Waals surface area contributed by atoms with Crippen LogP contribution < -0.4 is 10.6 Å². The monoisotopic (exact) mass is 440 g/mol. The second-order valence-corrected chi connectivity index (χ2v) is 9.39. The number of benzene rings is 3. The van der Waals surface area contributed by atoms with Gasteiger partial charge in [0.1, 0.15) is 0 Å². The minimum atomic E-state index is -0.151. The third-order valence-electron chi connectivity index (χ3n) is 5.98. The van der Waals surface area contributed by atoms with E-state index in [0.717, 1.165) is 29.7 Å². The maximum absolute atomic E-state index is 13.0. The van der Waals surface area contributed by atoms with Crippen molar-refractivity contribution < 1.29 is 9.59 Å². The number of anilines is 1. The number of nitrogens with one attached hydrogen (secondary N) is 2. The third kappa shape index (κ3) is 4.21. The van der Waals surface area contributed by atoms with Gasteiger partial charge >= 0.3 is 0 Å². The Morgan fingerprint density at radius 1 is 1.09 bits per heavy atom. The molecule has 0 saturated carbocycles. The molecule has 32 heavy (non-hydrogen) atoms. The summed E-state index contributed by atoms with van der Waals surface area (Å²) in [7, 11) is 0. The molecule has 0 saturated heterocycles. The second-order valence-electron chi connectivity index (χ2n) is 8.30. The van der Waals surface area contributed by atoms with E-state index < -0.39 is 0 Å². The minimum Gasteiger partial charge on any atom is -0.345 e. The van der Waals surface area contributed by atoms with E-state index in [4.69, 9.17) is 0 Å². The van der Waals surface area contributed by atoms with E-state index in [1.54, 1.807) is 6.07 Å². The predicted molar refractivity (Wildman–Crippen MR) is 130 cm³/mol. The van der Waals surface area contributed by atoms with Gasteiger partial charge in [-0.15, -0.1) is 0 Å². The number of carbonyl (C=O) groups excluding carboxylic acids is 2. The number of amides is 2. The molecule has 2 aliphatic rings. The predicted octanol–water partition coefficient (Wildman–Crippen LogP) is 5.89. The largest absolute Gasteiger partial charge is 0.345 e. The van der Waals surface area contributed by atoms with Crippen LogP contribution in [-0.4, -0.2) is 11.8 Å². The first-order valence-corrected chi connectivity index (χ1v) is 11.7. The number of thioether (sulfide) groups is 1. The Hall–Kier alpha value is -3.31. The van der Waals surface area contributed by atoms with Crippen LogP contribution in [0.15, 0.2) is 76.5 Å². The van der Waals surface area contributed by atoms with E-state index in [0.29, 0.717) is 16.2 Å². The number of rotatable bonds is 3. The quantitative estimate of drug-likeness (QED) is 0.500. The fourth-order valence-corrected chi connectivity index (χ4v) is 5.19. The standard InChI is InChI=1S/C27H24N2O2S/c1-17-9-11-18(12-10-17)15-25-27(31)29-23-16-20(13-14-24(23)32-25)26(30)28-22-8-4-6-19-5-2-3-7-21(19)22/h2-3,5,7,9-16,22H,4,6,8H2,1H3,(H,28,30)(H,29,31)/b25-15+/t22-/m1/s1. The Kier molecular flexibility index (Phi) is 5.58. The lowest BCUT2D eigenvalue weighted by Crippen LogP contribution is -2.31. The average molecular weight is 441 g/mol.